The van der Waals surface area contributed by atoms with Crippen LogP contribution in [0.3, 0.4) is 0 Å². The number of carbonyl (C=O) groups is 1. The van der Waals surface area contributed by atoms with Crippen LogP contribution in [0.1, 0.15) is 55.0 Å². The second-order valence-corrected chi connectivity index (χ2v) is 9.79. The van der Waals surface area contributed by atoms with Gasteiger partial charge in [0.15, 0.2) is 0 Å². The minimum Gasteiger partial charge on any atom is -0.348 e. The summed E-state index contributed by atoms with van der Waals surface area (Å²) < 4.78 is 26.4. The fraction of sp³-hybridized carbons (Fsp3) is 0.435. The van der Waals surface area contributed by atoms with E-state index in [1.165, 1.54) is 21.9 Å². The Hall–Kier alpha value is -2.34. The van der Waals surface area contributed by atoms with Gasteiger partial charge in [0.1, 0.15) is 6.04 Å². The molecule has 2 aromatic carbocycles. The number of amides is 1. The van der Waals surface area contributed by atoms with Crippen molar-refractivity contribution in [3.63, 3.8) is 0 Å². The van der Waals surface area contributed by atoms with Crippen LogP contribution in [0, 0.1) is 6.92 Å². The summed E-state index contributed by atoms with van der Waals surface area (Å²) in [5.74, 6) is -0.285. The topological polar surface area (TPSA) is 66.5 Å². The van der Waals surface area contributed by atoms with Gasteiger partial charge in [0, 0.05) is 0 Å². The number of fused-ring (bicyclic) bond motifs is 1. The molecule has 1 amide bonds. The molecular formula is C23H30N2O3S. The summed E-state index contributed by atoms with van der Waals surface area (Å²) in [5.41, 5.74) is 5.25. The first-order valence-electron chi connectivity index (χ1n) is 10.2. The standard InChI is InChI=1S/C23H30N2O3S/c1-5-22(25(29(4,27)28)21-11-6-8-16(2)14-21)23(26)24-17(3)19-13-12-18-9-7-10-20(18)15-19/h6,8,11-15,17,22H,5,7,9-10H2,1-4H3,(H,24,26)/t17-,22+/m0/s1. The molecule has 0 heterocycles. The highest BCUT2D eigenvalue weighted by molar-refractivity contribution is 7.92. The number of carbonyl (C=O) groups excluding carboxylic acids is 1. The monoisotopic (exact) mass is 414 g/mol. The number of anilines is 1. The van der Waals surface area contributed by atoms with E-state index in [1.807, 2.05) is 26.8 Å². The Balaban J connectivity index is 1.84. The number of hydrogen-bond acceptors (Lipinski definition) is 3. The lowest BCUT2D eigenvalue weighted by Crippen LogP contribution is -2.49. The summed E-state index contributed by atoms with van der Waals surface area (Å²) in [4.78, 5) is 13.1. The second kappa shape index (κ2) is 8.57. The molecule has 0 fully saturated rings. The first kappa shape index (κ1) is 21.4. The maximum absolute atomic E-state index is 13.1. The zero-order chi connectivity index (χ0) is 21.2. The third-order valence-electron chi connectivity index (χ3n) is 5.57. The fourth-order valence-corrected chi connectivity index (χ4v) is 5.28. The number of nitrogens with zero attached hydrogens (tertiary/aromatic N) is 1. The van der Waals surface area contributed by atoms with Gasteiger partial charge in [-0.2, -0.15) is 0 Å². The van der Waals surface area contributed by atoms with Crippen LogP contribution in [-0.2, 0) is 27.7 Å². The van der Waals surface area contributed by atoms with Crippen LogP contribution < -0.4 is 9.62 Å². The van der Waals surface area contributed by atoms with Gasteiger partial charge in [-0.15, -0.1) is 0 Å². The molecule has 0 aliphatic heterocycles. The van der Waals surface area contributed by atoms with E-state index in [1.54, 1.807) is 18.2 Å². The lowest BCUT2D eigenvalue weighted by molar-refractivity contribution is -0.122. The molecule has 3 rings (SSSR count). The maximum atomic E-state index is 13.1. The molecule has 0 spiro atoms. The number of hydrogen-bond donors (Lipinski definition) is 1. The van der Waals surface area contributed by atoms with E-state index in [0.29, 0.717) is 12.1 Å². The predicted molar refractivity (Wildman–Crippen MR) is 118 cm³/mol. The largest absolute Gasteiger partial charge is 0.348 e. The third kappa shape index (κ3) is 4.81. The summed E-state index contributed by atoms with van der Waals surface area (Å²) in [6.07, 6.45) is 4.90. The molecule has 0 saturated heterocycles. The smallest absolute Gasteiger partial charge is 0.244 e. The molecule has 0 saturated carbocycles. The Kier molecular flexibility index (Phi) is 6.32. The Morgan fingerprint density at radius 2 is 1.86 bits per heavy atom. The number of benzene rings is 2. The van der Waals surface area contributed by atoms with E-state index in [0.717, 1.165) is 30.2 Å². The van der Waals surface area contributed by atoms with Crippen molar-refractivity contribution in [1.82, 2.24) is 5.32 Å². The number of aryl methyl sites for hydroxylation is 3. The van der Waals surface area contributed by atoms with Gasteiger partial charge in [0.05, 0.1) is 18.0 Å². The minimum atomic E-state index is -3.63. The molecule has 156 valence electrons. The molecule has 0 aromatic heterocycles. The van der Waals surface area contributed by atoms with Gasteiger partial charge in [-0.3, -0.25) is 9.10 Å². The maximum Gasteiger partial charge on any atom is 0.244 e. The highest BCUT2D eigenvalue weighted by atomic mass is 32.2. The van der Waals surface area contributed by atoms with Gasteiger partial charge in [-0.05, 0) is 73.9 Å². The lowest BCUT2D eigenvalue weighted by atomic mass is 10.0. The Morgan fingerprint density at radius 1 is 1.14 bits per heavy atom. The van der Waals surface area contributed by atoms with Crippen molar-refractivity contribution in [3.8, 4) is 0 Å². The Morgan fingerprint density at radius 3 is 2.52 bits per heavy atom. The SMILES string of the molecule is CC[C@H](C(=O)N[C@@H](C)c1ccc2c(c1)CCC2)N(c1cccc(C)c1)S(C)(=O)=O. The number of sulfonamides is 1. The summed E-state index contributed by atoms with van der Waals surface area (Å²) in [5, 5.41) is 3.03. The van der Waals surface area contributed by atoms with Crippen molar-refractivity contribution in [2.24, 2.45) is 0 Å². The van der Waals surface area contributed by atoms with Crippen molar-refractivity contribution in [2.75, 3.05) is 10.6 Å². The van der Waals surface area contributed by atoms with E-state index in [4.69, 9.17) is 0 Å². The molecule has 0 bridgehead atoms. The Labute approximate surface area is 174 Å². The zero-order valence-corrected chi connectivity index (χ0v) is 18.4. The van der Waals surface area contributed by atoms with E-state index < -0.39 is 16.1 Å². The summed E-state index contributed by atoms with van der Waals surface area (Å²) in [6, 6.07) is 12.6. The van der Waals surface area contributed by atoms with Crippen molar-refractivity contribution in [3.05, 3.63) is 64.7 Å². The quantitative estimate of drug-likeness (QED) is 0.747. The Bertz CT molecular complexity index is 1000. The number of nitrogens with one attached hydrogen (secondary N) is 1. The van der Waals surface area contributed by atoms with Gasteiger partial charge in [-0.25, -0.2) is 8.42 Å². The molecule has 1 N–H and O–H groups in total. The van der Waals surface area contributed by atoms with Gasteiger partial charge in [0.25, 0.3) is 0 Å². The first-order chi connectivity index (χ1) is 13.7. The molecule has 6 heteroatoms. The summed E-state index contributed by atoms with van der Waals surface area (Å²) >= 11 is 0. The fourth-order valence-electron chi connectivity index (χ4n) is 4.08. The van der Waals surface area contributed by atoms with Crippen LogP contribution in [-0.4, -0.2) is 26.6 Å². The zero-order valence-electron chi connectivity index (χ0n) is 17.6. The second-order valence-electron chi connectivity index (χ2n) is 7.93. The molecule has 0 radical (unpaired) electrons. The van der Waals surface area contributed by atoms with Crippen LogP contribution in [0.25, 0.3) is 0 Å². The van der Waals surface area contributed by atoms with Gasteiger partial charge < -0.3 is 5.32 Å². The molecular weight excluding hydrogens is 384 g/mol. The third-order valence-corrected chi connectivity index (χ3v) is 6.75. The van der Waals surface area contributed by atoms with E-state index in [9.17, 15) is 13.2 Å². The van der Waals surface area contributed by atoms with Gasteiger partial charge in [-0.1, -0.05) is 37.3 Å². The average molecular weight is 415 g/mol. The molecule has 1 aliphatic rings. The minimum absolute atomic E-state index is 0.193. The molecule has 2 atom stereocenters. The molecule has 5 nitrogen and oxygen atoms in total. The van der Waals surface area contributed by atoms with Gasteiger partial charge >= 0.3 is 0 Å². The van der Waals surface area contributed by atoms with Gasteiger partial charge in [0.2, 0.25) is 15.9 Å². The average Bonchev–Trinajstić information content (AvgIpc) is 3.12. The van der Waals surface area contributed by atoms with Crippen LogP contribution in [0.5, 0.6) is 0 Å². The normalized spacial score (nSPS) is 15.4. The molecule has 2 aromatic rings. The predicted octanol–water partition coefficient (Wildman–Crippen LogP) is 3.91. The van der Waals surface area contributed by atoms with Crippen LogP contribution in [0.2, 0.25) is 0 Å². The van der Waals surface area contributed by atoms with E-state index >= 15 is 0 Å². The lowest BCUT2D eigenvalue weighted by Gasteiger charge is -2.31. The number of rotatable bonds is 7. The van der Waals surface area contributed by atoms with Crippen molar-refractivity contribution < 1.29 is 13.2 Å². The van der Waals surface area contributed by atoms with E-state index in [2.05, 4.69) is 23.5 Å². The van der Waals surface area contributed by atoms with Crippen molar-refractivity contribution >= 4 is 21.6 Å². The van der Waals surface area contributed by atoms with Crippen molar-refractivity contribution in [1.29, 1.82) is 0 Å². The van der Waals surface area contributed by atoms with Crippen LogP contribution in [0.15, 0.2) is 42.5 Å². The first-order valence-corrected chi connectivity index (χ1v) is 12.0. The molecule has 29 heavy (non-hydrogen) atoms. The summed E-state index contributed by atoms with van der Waals surface area (Å²) in [7, 11) is -3.63. The molecule has 1 aliphatic carbocycles. The van der Waals surface area contributed by atoms with Crippen LogP contribution >= 0.6 is 0 Å². The highest BCUT2D eigenvalue weighted by Gasteiger charge is 2.32. The van der Waals surface area contributed by atoms with E-state index in [-0.39, 0.29) is 11.9 Å². The van der Waals surface area contributed by atoms with Crippen molar-refractivity contribution in [2.45, 2.75) is 58.5 Å². The summed E-state index contributed by atoms with van der Waals surface area (Å²) in [6.45, 7) is 5.68. The highest BCUT2D eigenvalue weighted by Crippen LogP contribution is 2.27. The molecule has 0 unspecified atom stereocenters. The van der Waals surface area contributed by atoms with Crippen LogP contribution in [0.4, 0.5) is 5.69 Å².